The van der Waals surface area contributed by atoms with Gasteiger partial charge >= 0.3 is 0 Å². The molecule has 0 aromatic heterocycles. The first-order valence-electron chi connectivity index (χ1n) is 9.94. The Balaban J connectivity index is 1.55. The zero-order chi connectivity index (χ0) is 20.9. The van der Waals surface area contributed by atoms with Gasteiger partial charge in [-0.2, -0.15) is 0 Å². The normalized spacial score (nSPS) is 17.8. The highest BCUT2D eigenvalue weighted by Gasteiger charge is 2.32. The van der Waals surface area contributed by atoms with E-state index in [9.17, 15) is 13.2 Å². The molecule has 1 heterocycles. The third kappa shape index (κ3) is 6.14. The van der Waals surface area contributed by atoms with Crippen LogP contribution < -0.4 is 5.32 Å². The average Bonchev–Trinajstić information content (AvgIpc) is 2.71. The molecule has 0 radical (unpaired) electrons. The molecule has 0 spiro atoms. The van der Waals surface area contributed by atoms with E-state index in [0.29, 0.717) is 25.8 Å². The maximum atomic E-state index is 12.8. The molecule has 5 nitrogen and oxygen atoms in total. The van der Waals surface area contributed by atoms with Gasteiger partial charge in [-0.3, -0.25) is 4.79 Å². The van der Waals surface area contributed by atoms with Gasteiger partial charge in [-0.15, -0.1) is 0 Å². The van der Waals surface area contributed by atoms with Crippen molar-refractivity contribution in [1.29, 1.82) is 0 Å². The Hall–Kier alpha value is -1.70. The lowest BCUT2D eigenvalue weighted by Crippen LogP contribution is -2.44. The van der Waals surface area contributed by atoms with E-state index in [4.69, 9.17) is 0 Å². The Labute approximate surface area is 181 Å². The first-order valence-corrected chi connectivity index (χ1v) is 12.3. The maximum absolute atomic E-state index is 12.8. The molecule has 1 N–H and O–H groups in total. The minimum Gasteiger partial charge on any atom is -0.326 e. The molecule has 1 saturated heterocycles. The second-order valence-electron chi connectivity index (χ2n) is 7.56. The molecule has 1 aliphatic rings. The van der Waals surface area contributed by atoms with Gasteiger partial charge in [0.2, 0.25) is 15.9 Å². The molecule has 29 heavy (non-hydrogen) atoms. The lowest BCUT2D eigenvalue weighted by molar-refractivity contribution is -0.120. The smallest absolute Gasteiger partial charge is 0.228 e. The molecule has 1 amide bonds. The van der Waals surface area contributed by atoms with Gasteiger partial charge in [0.05, 0.1) is 11.7 Å². The Morgan fingerprint density at radius 2 is 1.97 bits per heavy atom. The molecule has 0 aliphatic carbocycles. The SMILES string of the molecule is Cc1cc(NC(=O)C2CCCN(S(=O)(=O)CCCc3ccccc3)C2)ccc1Br. The van der Waals surface area contributed by atoms with Crippen molar-refractivity contribution in [3.63, 3.8) is 0 Å². The van der Waals surface area contributed by atoms with Gasteiger partial charge in [0.15, 0.2) is 0 Å². The van der Waals surface area contributed by atoms with Crippen LogP contribution in [0.3, 0.4) is 0 Å². The van der Waals surface area contributed by atoms with Crippen molar-refractivity contribution in [3.8, 4) is 0 Å². The minimum absolute atomic E-state index is 0.113. The van der Waals surface area contributed by atoms with Crippen LogP contribution in [0.5, 0.6) is 0 Å². The zero-order valence-corrected chi connectivity index (χ0v) is 19.0. The number of sulfonamides is 1. The number of benzene rings is 2. The highest BCUT2D eigenvalue weighted by molar-refractivity contribution is 9.10. The molecule has 2 aromatic rings. The maximum Gasteiger partial charge on any atom is 0.228 e. The highest BCUT2D eigenvalue weighted by atomic mass is 79.9. The number of aryl methyl sites for hydroxylation is 2. The predicted molar refractivity (Wildman–Crippen MR) is 120 cm³/mol. The summed E-state index contributed by atoms with van der Waals surface area (Å²) in [6, 6.07) is 15.5. The largest absolute Gasteiger partial charge is 0.326 e. The van der Waals surface area contributed by atoms with Crippen LogP contribution in [0.25, 0.3) is 0 Å². The molecule has 3 rings (SSSR count). The van der Waals surface area contributed by atoms with Gasteiger partial charge in [0.25, 0.3) is 0 Å². The van der Waals surface area contributed by atoms with Crippen molar-refractivity contribution in [2.24, 2.45) is 5.92 Å². The third-order valence-corrected chi connectivity index (χ3v) is 8.10. The Morgan fingerprint density at radius 1 is 1.21 bits per heavy atom. The predicted octanol–water partition coefficient (Wildman–Crippen LogP) is 4.37. The molecule has 0 saturated carbocycles. The summed E-state index contributed by atoms with van der Waals surface area (Å²) >= 11 is 3.45. The molecule has 156 valence electrons. The summed E-state index contributed by atoms with van der Waals surface area (Å²) in [6.45, 7) is 2.72. The zero-order valence-electron chi connectivity index (χ0n) is 16.6. The number of halogens is 1. The van der Waals surface area contributed by atoms with Crippen molar-refractivity contribution in [2.45, 2.75) is 32.6 Å². The number of amides is 1. The number of hydrogen-bond donors (Lipinski definition) is 1. The van der Waals surface area contributed by atoms with Gasteiger partial charge in [-0.1, -0.05) is 46.3 Å². The van der Waals surface area contributed by atoms with Crippen LogP contribution in [0.2, 0.25) is 0 Å². The fourth-order valence-corrected chi connectivity index (χ4v) is 5.44. The van der Waals surface area contributed by atoms with Crippen LogP contribution in [0.15, 0.2) is 53.0 Å². The number of nitrogens with zero attached hydrogens (tertiary/aromatic N) is 1. The Bertz CT molecular complexity index is 948. The second-order valence-corrected chi connectivity index (χ2v) is 10.5. The van der Waals surface area contributed by atoms with Crippen LogP contribution >= 0.6 is 15.9 Å². The summed E-state index contributed by atoms with van der Waals surface area (Å²) in [7, 11) is -3.36. The summed E-state index contributed by atoms with van der Waals surface area (Å²) < 4.78 is 28.0. The monoisotopic (exact) mass is 478 g/mol. The van der Waals surface area contributed by atoms with E-state index in [1.807, 2.05) is 55.5 Å². The molecule has 1 unspecified atom stereocenters. The topological polar surface area (TPSA) is 66.5 Å². The number of hydrogen-bond acceptors (Lipinski definition) is 3. The average molecular weight is 479 g/mol. The van der Waals surface area contributed by atoms with Gasteiger partial charge < -0.3 is 5.32 Å². The molecule has 2 aromatic carbocycles. The molecule has 0 bridgehead atoms. The number of piperidine rings is 1. The molecule has 7 heteroatoms. The summed E-state index contributed by atoms with van der Waals surface area (Å²) in [5.41, 5.74) is 2.91. The van der Waals surface area contributed by atoms with Crippen LogP contribution in [-0.4, -0.2) is 37.5 Å². The highest BCUT2D eigenvalue weighted by Crippen LogP contribution is 2.24. The van der Waals surface area contributed by atoms with Crippen molar-refractivity contribution >= 4 is 37.5 Å². The number of nitrogens with one attached hydrogen (secondary N) is 1. The summed E-state index contributed by atoms with van der Waals surface area (Å²) in [4.78, 5) is 12.7. The number of carbonyl (C=O) groups is 1. The van der Waals surface area contributed by atoms with E-state index in [1.54, 1.807) is 0 Å². The van der Waals surface area contributed by atoms with E-state index in [2.05, 4.69) is 21.2 Å². The van der Waals surface area contributed by atoms with E-state index < -0.39 is 10.0 Å². The number of carbonyl (C=O) groups excluding carboxylic acids is 1. The quantitative estimate of drug-likeness (QED) is 0.642. The molecular formula is C22H27BrN2O3S. The summed E-state index contributed by atoms with van der Waals surface area (Å²) in [5, 5.41) is 2.94. The van der Waals surface area contributed by atoms with Crippen molar-refractivity contribution in [3.05, 3.63) is 64.1 Å². The van der Waals surface area contributed by atoms with Crippen molar-refractivity contribution in [1.82, 2.24) is 4.31 Å². The first kappa shape index (κ1) is 22.0. The van der Waals surface area contributed by atoms with Gasteiger partial charge in [0, 0.05) is 23.2 Å². The minimum atomic E-state index is -3.36. The summed E-state index contributed by atoms with van der Waals surface area (Å²) in [5.74, 6) is -0.324. The van der Waals surface area contributed by atoms with Crippen LogP contribution in [0.4, 0.5) is 5.69 Å². The molecule has 1 atom stereocenters. The second kappa shape index (κ2) is 9.87. The van der Waals surface area contributed by atoms with E-state index in [-0.39, 0.29) is 24.1 Å². The van der Waals surface area contributed by atoms with E-state index in [1.165, 1.54) is 4.31 Å². The third-order valence-electron chi connectivity index (χ3n) is 5.28. The van der Waals surface area contributed by atoms with Gasteiger partial charge in [-0.25, -0.2) is 12.7 Å². The molecule has 1 fully saturated rings. The summed E-state index contributed by atoms with van der Waals surface area (Å²) in [6.07, 6.45) is 2.73. The Kier molecular flexibility index (Phi) is 7.49. The molecular weight excluding hydrogens is 452 g/mol. The van der Waals surface area contributed by atoms with E-state index in [0.717, 1.165) is 27.7 Å². The van der Waals surface area contributed by atoms with Gasteiger partial charge in [0.1, 0.15) is 0 Å². The van der Waals surface area contributed by atoms with Gasteiger partial charge in [-0.05, 0) is 61.9 Å². The number of anilines is 1. The van der Waals surface area contributed by atoms with Crippen molar-refractivity contribution < 1.29 is 13.2 Å². The van der Waals surface area contributed by atoms with Crippen LogP contribution in [-0.2, 0) is 21.2 Å². The lowest BCUT2D eigenvalue weighted by Gasteiger charge is -2.31. The number of rotatable bonds is 7. The van der Waals surface area contributed by atoms with E-state index >= 15 is 0 Å². The fraction of sp³-hybridized carbons (Fsp3) is 0.409. The first-order chi connectivity index (χ1) is 13.8. The van der Waals surface area contributed by atoms with Crippen molar-refractivity contribution in [2.75, 3.05) is 24.2 Å². The lowest BCUT2D eigenvalue weighted by atomic mass is 9.98. The van der Waals surface area contributed by atoms with Crippen LogP contribution in [0, 0.1) is 12.8 Å². The standard InChI is InChI=1S/C22H27BrN2O3S/c1-17-15-20(11-12-21(17)23)24-22(26)19-10-5-13-25(16-19)29(27,28)14-6-9-18-7-3-2-4-8-18/h2-4,7-8,11-12,15,19H,5-6,9-10,13-14,16H2,1H3,(H,24,26). The van der Waals surface area contributed by atoms with Crippen LogP contribution in [0.1, 0.15) is 30.4 Å². The molecule has 1 aliphatic heterocycles. The Morgan fingerprint density at radius 3 is 2.69 bits per heavy atom. The fourth-order valence-electron chi connectivity index (χ4n) is 3.61.